The minimum absolute atomic E-state index is 0.0141. The lowest BCUT2D eigenvalue weighted by Crippen LogP contribution is -2.46. The first-order chi connectivity index (χ1) is 16.5. The number of rotatable bonds is 3. The van der Waals surface area contributed by atoms with Crippen LogP contribution in [0.1, 0.15) is 43.7 Å². The largest absolute Gasteiger partial charge is 0.465 e. The van der Waals surface area contributed by atoms with E-state index >= 15 is 0 Å². The number of nitrogens with one attached hydrogen (secondary N) is 1. The first-order valence-corrected chi connectivity index (χ1v) is 11.3. The Balaban J connectivity index is 1.57. The molecule has 4 aromatic rings. The van der Waals surface area contributed by atoms with Crippen LogP contribution in [0.4, 0.5) is 16.6 Å². The van der Waals surface area contributed by atoms with Crippen molar-refractivity contribution >= 4 is 57.6 Å². The van der Waals surface area contributed by atoms with Crippen molar-refractivity contribution in [2.45, 2.75) is 39.3 Å². The highest BCUT2D eigenvalue weighted by atomic mass is 35.5. The Labute approximate surface area is 204 Å². The molecule has 3 aromatic heterocycles. The van der Waals surface area contributed by atoms with Gasteiger partial charge in [0, 0.05) is 11.6 Å². The van der Waals surface area contributed by atoms with Gasteiger partial charge in [0.2, 0.25) is 0 Å². The lowest BCUT2D eigenvalue weighted by molar-refractivity contribution is 0.0906. The minimum Gasteiger partial charge on any atom is -0.465 e. The zero-order chi connectivity index (χ0) is 25.1. The molecule has 1 aliphatic heterocycles. The summed E-state index contributed by atoms with van der Waals surface area (Å²) in [5.41, 5.74) is 7.00. The molecule has 12 nitrogen and oxygen atoms in total. The van der Waals surface area contributed by atoms with E-state index in [1.807, 2.05) is 20.8 Å². The summed E-state index contributed by atoms with van der Waals surface area (Å²) in [4.78, 5) is 39.2. The molecule has 2 amide bonds. The molecule has 4 N–H and O–H groups in total. The van der Waals surface area contributed by atoms with Crippen molar-refractivity contribution in [1.82, 2.24) is 29.6 Å². The monoisotopic (exact) mass is 498 g/mol. The molecule has 1 fully saturated rings. The average molecular weight is 499 g/mol. The van der Waals surface area contributed by atoms with Crippen molar-refractivity contribution in [3.8, 4) is 0 Å². The van der Waals surface area contributed by atoms with E-state index in [0.717, 1.165) is 0 Å². The second kappa shape index (κ2) is 8.08. The molecule has 1 aliphatic rings. The van der Waals surface area contributed by atoms with Gasteiger partial charge in [-0.15, -0.1) is 0 Å². The van der Waals surface area contributed by atoms with E-state index in [1.165, 1.54) is 11.2 Å². The van der Waals surface area contributed by atoms with Crippen molar-refractivity contribution < 1.29 is 19.1 Å². The number of anilines is 2. The molecule has 13 heteroatoms. The topological polar surface area (TPSA) is 165 Å². The number of nitrogens with two attached hydrogens (primary N) is 1. The maximum absolute atomic E-state index is 13.3. The van der Waals surface area contributed by atoms with E-state index in [-0.39, 0.29) is 29.0 Å². The van der Waals surface area contributed by atoms with Gasteiger partial charge in [-0.3, -0.25) is 10.1 Å². The summed E-state index contributed by atoms with van der Waals surface area (Å²) in [6.07, 6.45) is 0.784. The molecule has 1 unspecified atom stereocenters. The van der Waals surface area contributed by atoms with Crippen LogP contribution in [0, 0.1) is 5.41 Å². The first kappa shape index (κ1) is 22.8. The summed E-state index contributed by atoms with van der Waals surface area (Å²) >= 11 is 6.00. The maximum atomic E-state index is 13.3. The predicted octanol–water partition coefficient (Wildman–Crippen LogP) is 3.79. The average Bonchev–Trinajstić information content (AvgIpc) is 3.47. The molecule has 0 saturated carbocycles. The summed E-state index contributed by atoms with van der Waals surface area (Å²) in [5, 5.41) is 17.7. The molecule has 4 heterocycles. The highest BCUT2D eigenvalue weighted by Gasteiger charge is 2.46. The number of likely N-dealkylation sites (tertiary alicyclic amines) is 1. The number of aromatic nitrogens is 5. The third-order valence-corrected chi connectivity index (χ3v) is 6.35. The van der Waals surface area contributed by atoms with Crippen molar-refractivity contribution in [1.29, 1.82) is 0 Å². The molecule has 0 spiro atoms. The fourth-order valence-electron chi connectivity index (χ4n) is 4.79. The zero-order valence-electron chi connectivity index (χ0n) is 19.2. The van der Waals surface area contributed by atoms with Crippen LogP contribution in [0.15, 0.2) is 28.9 Å². The van der Waals surface area contributed by atoms with Crippen molar-refractivity contribution in [2.75, 3.05) is 17.6 Å². The van der Waals surface area contributed by atoms with E-state index in [2.05, 4.69) is 25.4 Å². The van der Waals surface area contributed by atoms with Gasteiger partial charge in [0.15, 0.2) is 16.9 Å². The summed E-state index contributed by atoms with van der Waals surface area (Å²) in [5.74, 6) is -0.538. The van der Waals surface area contributed by atoms with Gasteiger partial charge in [-0.1, -0.05) is 32.4 Å². The Bertz CT molecular complexity index is 1470. The second-order valence-corrected chi connectivity index (χ2v) is 9.92. The van der Waals surface area contributed by atoms with Crippen LogP contribution in [-0.2, 0) is 0 Å². The van der Waals surface area contributed by atoms with Gasteiger partial charge in [-0.25, -0.2) is 19.4 Å². The van der Waals surface area contributed by atoms with Crippen LogP contribution < -0.4 is 11.1 Å². The Morgan fingerprint density at radius 3 is 2.77 bits per heavy atom. The quantitative estimate of drug-likeness (QED) is 0.380. The Morgan fingerprint density at radius 1 is 1.29 bits per heavy atom. The summed E-state index contributed by atoms with van der Waals surface area (Å²) in [7, 11) is 0. The number of halogens is 1. The number of carboxylic acid groups (broad SMARTS) is 1. The number of benzene rings is 1. The molecule has 182 valence electrons. The van der Waals surface area contributed by atoms with E-state index in [1.54, 1.807) is 22.9 Å². The zero-order valence-corrected chi connectivity index (χ0v) is 19.9. The lowest BCUT2D eigenvalue weighted by Gasteiger charge is -2.37. The molecule has 1 aromatic carbocycles. The van der Waals surface area contributed by atoms with Crippen LogP contribution in [-0.4, -0.2) is 59.3 Å². The van der Waals surface area contributed by atoms with Crippen molar-refractivity contribution in [3.63, 3.8) is 0 Å². The van der Waals surface area contributed by atoms with E-state index in [9.17, 15) is 14.7 Å². The number of oxazole rings is 1. The second-order valence-electron chi connectivity index (χ2n) is 9.48. The summed E-state index contributed by atoms with van der Waals surface area (Å²) < 4.78 is 7.19. The molecular weight excluding hydrogens is 476 g/mol. The number of fused-ring (bicyclic) bond motifs is 2. The molecular formula is C22H23ClN8O4. The Kier molecular flexibility index (Phi) is 5.28. The third-order valence-electron chi connectivity index (χ3n) is 6.12. The summed E-state index contributed by atoms with van der Waals surface area (Å²) in [6, 6.07) is 4.12. The molecule has 0 bridgehead atoms. The number of carbonyl (C=O) groups excluding carboxylic acids is 1. The predicted molar refractivity (Wildman–Crippen MR) is 128 cm³/mol. The normalized spacial score (nSPS) is 18.5. The number of nitrogen functional groups attached to an aromatic ring is 1. The minimum atomic E-state index is -1.01. The number of nitrogens with zero attached hydrogens (tertiary/aromatic N) is 6. The van der Waals surface area contributed by atoms with Crippen LogP contribution >= 0.6 is 11.6 Å². The highest BCUT2D eigenvalue weighted by molar-refractivity contribution is 6.31. The van der Waals surface area contributed by atoms with Crippen LogP contribution in [0.5, 0.6) is 0 Å². The van der Waals surface area contributed by atoms with Gasteiger partial charge in [-0.05, 0) is 30.0 Å². The Morgan fingerprint density at radius 2 is 2.06 bits per heavy atom. The van der Waals surface area contributed by atoms with E-state index in [4.69, 9.17) is 21.8 Å². The molecule has 0 radical (unpaired) electrons. The number of amides is 2. The van der Waals surface area contributed by atoms with Gasteiger partial charge >= 0.3 is 12.1 Å². The van der Waals surface area contributed by atoms with Gasteiger partial charge in [0.05, 0.1) is 17.5 Å². The number of hydrogen-bond acceptors (Lipinski definition) is 8. The molecule has 35 heavy (non-hydrogen) atoms. The molecule has 2 atom stereocenters. The Hall–Kier alpha value is -3.93. The standard InChI is InChI=1S/C22H23ClN8O4/c1-22(2,3)16-12(6-7-30(16)21(33)34)31-18-14(17(24)25-9-26-18)15(29-31)19(32)28-20-27-11-8-10(23)4-5-13(11)35-20/h4-5,8-9,12,16H,6-7H2,1-3H3,(H,33,34)(H2,24,25,26)(H,27,28,32)/t12?,16-/m0/s1. The molecule has 1 saturated heterocycles. The highest BCUT2D eigenvalue weighted by Crippen LogP contribution is 2.41. The number of carbonyl (C=O) groups is 2. The number of hydrogen-bond donors (Lipinski definition) is 3. The van der Waals surface area contributed by atoms with Crippen molar-refractivity contribution in [2.24, 2.45) is 5.41 Å². The molecule has 5 rings (SSSR count). The third kappa shape index (κ3) is 3.89. The SMILES string of the molecule is CC(C)(C)[C@@H]1C(n2nc(C(=O)Nc3nc4cc(Cl)ccc4o3)c3c(N)ncnc32)CCN1C(=O)O. The maximum Gasteiger partial charge on any atom is 0.407 e. The first-order valence-electron chi connectivity index (χ1n) is 10.9. The fourth-order valence-corrected chi connectivity index (χ4v) is 4.95. The van der Waals surface area contributed by atoms with Crippen LogP contribution in [0.2, 0.25) is 5.02 Å². The van der Waals surface area contributed by atoms with Crippen LogP contribution in [0.25, 0.3) is 22.1 Å². The fraction of sp³-hybridized carbons (Fsp3) is 0.364. The van der Waals surface area contributed by atoms with E-state index < -0.39 is 23.5 Å². The van der Waals surface area contributed by atoms with Crippen molar-refractivity contribution in [3.05, 3.63) is 35.2 Å². The smallest absolute Gasteiger partial charge is 0.407 e. The van der Waals surface area contributed by atoms with E-state index in [0.29, 0.717) is 34.7 Å². The van der Waals surface area contributed by atoms with Gasteiger partial charge in [0.1, 0.15) is 17.7 Å². The van der Waals surface area contributed by atoms with Gasteiger partial charge in [-0.2, -0.15) is 10.1 Å². The van der Waals surface area contributed by atoms with Gasteiger partial charge in [0.25, 0.3) is 5.91 Å². The molecule has 0 aliphatic carbocycles. The lowest BCUT2D eigenvalue weighted by atomic mass is 9.83. The van der Waals surface area contributed by atoms with Gasteiger partial charge < -0.3 is 20.2 Å². The summed E-state index contributed by atoms with van der Waals surface area (Å²) in [6.45, 7) is 6.23. The van der Waals surface area contributed by atoms with Crippen LogP contribution in [0.3, 0.4) is 0 Å².